The first-order valence-electron chi connectivity index (χ1n) is 11.4. The van der Waals surface area contributed by atoms with Crippen molar-refractivity contribution in [2.24, 2.45) is 13.0 Å². The fourth-order valence-corrected chi connectivity index (χ4v) is 4.41. The van der Waals surface area contributed by atoms with E-state index < -0.39 is 17.5 Å². The summed E-state index contributed by atoms with van der Waals surface area (Å²) in [5, 5.41) is 16.6. The van der Waals surface area contributed by atoms with Crippen molar-refractivity contribution in [1.29, 1.82) is 0 Å². The first kappa shape index (κ1) is 22.2. The molecule has 3 aromatic rings. The van der Waals surface area contributed by atoms with E-state index in [1.165, 1.54) is 0 Å². The van der Waals surface area contributed by atoms with Crippen molar-refractivity contribution >= 4 is 17.9 Å². The molecule has 0 spiro atoms. The molecule has 34 heavy (non-hydrogen) atoms. The topological polar surface area (TPSA) is 103 Å². The molecule has 2 aliphatic rings. The number of ether oxygens (including phenoxy) is 2. The molecule has 0 radical (unpaired) electrons. The molecule has 2 N–H and O–H groups in total. The van der Waals surface area contributed by atoms with Gasteiger partial charge in [-0.1, -0.05) is 48.5 Å². The van der Waals surface area contributed by atoms with Crippen molar-refractivity contribution in [2.45, 2.75) is 24.7 Å². The van der Waals surface area contributed by atoms with Gasteiger partial charge in [0, 0.05) is 25.1 Å². The van der Waals surface area contributed by atoms with Crippen LogP contribution in [0.4, 0.5) is 10.6 Å². The Hall–Kier alpha value is -3.65. The van der Waals surface area contributed by atoms with Crippen molar-refractivity contribution in [1.82, 2.24) is 9.78 Å². The summed E-state index contributed by atoms with van der Waals surface area (Å²) in [6, 6.07) is 15.7. The Kier molecular flexibility index (Phi) is 5.83. The van der Waals surface area contributed by atoms with Crippen LogP contribution in [0, 0.1) is 5.92 Å². The van der Waals surface area contributed by atoms with Gasteiger partial charge in [-0.05, 0) is 41.5 Å². The Balaban J connectivity index is 1.28. The van der Waals surface area contributed by atoms with Crippen LogP contribution < -0.4 is 5.32 Å². The summed E-state index contributed by atoms with van der Waals surface area (Å²) in [6.45, 7) is 1.67. The van der Waals surface area contributed by atoms with Crippen molar-refractivity contribution in [3.63, 3.8) is 0 Å². The third kappa shape index (κ3) is 4.28. The molecule has 2 aromatic carbocycles. The van der Waals surface area contributed by atoms with Crippen molar-refractivity contribution in [3.8, 4) is 22.3 Å². The number of carbonyl (C=O) groups excluding carboxylic acids is 1. The maximum Gasteiger partial charge on any atom is 0.412 e. The third-order valence-electron chi connectivity index (χ3n) is 6.76. The molecule has 1 atom stereocenters. The van der Waals surface area contributed by atoms with Gasteiger partial charge in [-0.25, -0.2) is 4.79 Å². The third-order valence-corrected chi connectivity index (χ3v) is 6.76. The molecule has 1 aliphatic heterocycles. The molecule has 176 valence electrons. The minimum absolute atomic E-state index is 0.248. The lowest BCUT2D eigenvalue weighted by atomic mass is 9.93. The number of aromatic nitrogens is 2. The minimum Gasteiger partial charge on any atom is -0.481 e. The molecule has 1 unspecified atom stereocenters. The van der Waals surface area contributed by atoms with Crippen molar-refractivity contribution < 1.29 is 24.2 Å². The van der Waals surface area contributed by atoms with Gasteiger partial charge in [0.25, 0.3) is 0 Å². The number of carbonyl (C=O) groups is 2. The smallest absolute Gasteiger partial charge is 0.412 e. The number of amides is 1. The average Bonchev–Trinajstić information content (AvgIpc) is 3.36. The second kappa shape index (κ2) is 8.95. The molecule has 1 saturated heterocycles. The van der Waals surface area contributed by atoms with Crippen LogP contribution in [-0.4, -0.2) is 46.8 Å². The number of hydrogen-bond donors (Lipinski definition) is 2. The minimum atomic E-state index is -0.748. The Labute approximate surface area is 197 Å². The van der Waals surface area contributed by atoms with Crippen LogP contribution in [0.2, 0.25) is 0 Å². The summed E-state index contributed by atoms with van der Waals surface area (Å²) in [5.74, 6) is 0.0624. The van der Waals surface area contributed by atoms with Gasteiger partial charge in [0.1, 0.15) is 5.82 Å². The van der Waals surface area contributed by atoms with E-state index in [0.717, 1.165) is 34.2 Å². The van der Waals surface area contributed by atoms with Crippen LogP contribution in [0.3, 0.4) is 0 Å². The fraction of sp³-hybridized carbons (Fsp3) is 0.346. The van der Waals surface area contributed by atoms with Crippen LogP contribution in [0.15, 0.2) is 54.7 Å². The standard InChI is InChI=1S/C26H27N3O5/c1-29-23(28-25(32)34-16-17-10-13-33-15-17)22(14-27-29)20-4-2-18(3-5-20)19-6-8-21(9-7-19)26(11-12-26)24(30)31/h2-9,14,17H,10-13,15-16H2,1H3,(H,28,32)(H,30,31). The van der Waals surface area contributed by atoms with Gasteiger partial charge in [0.05, 0.1) is 24.8 Å². The lowest BCUT2D eigenvalue weighted by molar-refractivity contribution is -0.140. The Morgan fingerprint density at radius 3 is 2.35 bits per heavy atom. The van der Waals surface area contributed by atoms with Crippen LogP contribution in [0.5, 0.6) is 0 Å². The van der Waals surface area contributed by atoms with E-state index >= 15 is 0 Å². The maximum absolute atomic E-state index is 12.3. The van der Waals surface area contributed by atoms with E-state index in [0.29, 0.717) is 38.5 Å². The van der Waals surface area contributed by atoms with E-state index in [-0.39, 0.29) is 5.92 Å². The zero-order chi connectivity index (χ0) is 23.7. The largest absolute Gasteiger partial charge is 0.481 e. The SMILES string of the molecule is Cn1ncc(-c2ccc(-c3ccc(C4(C(=O)O)CC4)cc3)cc2)c1NC(=O)OCC1CCOC1. The zero-order valence-corrected chi connectivity index (χ0v) is 19.0. The summed E-state index contributed by atoms with van der Waals surface area (Å²) < 4.78 is 12.3. The van der Waals surface area contributed by atoms with Gasteiger partial charge in [0.15, 0.2) is 0 Å². The summed E-state index contributed by atoms with van der Waals surface area (Å²) in [4.78, 5) is 23.9. The molecule has 1 saturated carbocycles. The van der Waals surface area contributed by atoms with E-state index in [1.807, 2.05) is 48.5 Å². The number of rotatable bonds is 7. The molecular formula is C26H27N3O5. The Morgan fingerprint density at radius 1 is 1.12 bits per heavy atom. The fourth-order valence-electron chi connectivity index (χ4n) is 4.41. The number of aliphatic carboxylic acids is 1. The molecule has 0 bridgehead atoms. The molecule has 2 fully saturated rings. The van der Waals surface area contributed by atoms with Crippen LogP contribution >= 0.6 is 0 Å². The average molecular weight is 462 g/mol. The van der Waals surface area contributed by atoms with E-state index in [1.54, 1.807) is 17.9 Å². The van der Waals surface area contributed by atoms with Crippen LogP contribution in [0.25, 0.3) is 22.3 Å². The van der Waals surface area contributed by atoms with E-state index in [2.05, 4.69) is 10.4 Å². The lowest BCUT2D eigenvalue weighted by Crippen LogP contribution is -2.20. The highest BCUT2D eigenvalue weighted by Crippen LogP contribution is 2.48. The Bertz CT molecular complexity index is 1190. The van der Waals surface area contributed by atoms with Crippen LogP contribution in [0.1, 0.15) is 24.8 Å². The van der Waals surface area contributed by atoms with Crippen LogP contribution in [-0.2, 0) is 26.7 Å². The van der Waals surface area contributed by atoms with Gasteiger partial charge in [-0.15, -0.1) is 0 Å². The van der Waals surface area contributed by atoms with E-state index in [9.17, 15) is 14.7 Å². The summed E-state index contributed by atoms with van der Waals surface area (Å²) in [7, 11) is 1.77. The van der Waals surface area contributed by atoms with Gasteiger partial charge in [-0.3, -0.25) is 14.8 Å². The van der Waals surface area contributed by atoms with Gasteiger partial charge >= 0.3 is 12.1 Å². The molecule has 1 aromatic heterocycles. The highest BCUT2D eigenvalue weighted by atomic mass is 16.6. The quantitative estimate of drug-likeness (QED) is 0.539. The number of nitrogens with zero attached hydrogens (tertiary/aromatic N) is 2. The highest BCUT2D eigenvalue weighted by molar-refractivity contribution is 5.90. The normalized spacial score (nSPS) is 18.4. The molecule has 8 heteroatoms. The molecule has 1 amide bonds. The second-order valence-electron chi connectivity index (χ2n) is 9.03. The maximum atomic E-state index is 12.3. The first-order valence-corrected chi connectivity index (χ1v) is 11.4. The number of carboxylic acids is 1. The van der Waals surface area contributed by atoms with Gasteiger partial charge < -0.3 is 14.6 Å². The lowest BCUT2D eigenvalue weighted by Gasteiger charge is -2.12. The molecule has 2 heterocycles. The number of nitrogens with one attached hydrogen (secondary N) is 1. The molecule has 1 aliphatic carbocycles. The number of anilines is 1. The molecular weight excluding hydrogens is 434 g/mol. The number of hydrogen-bond acceptors (Lipinski definition) is 5. The van der Waals surface area contributed by atoms with Crippen molar-refractivity contribution in [3.05, 3.63) is 60.3 Å². The Morgan fingerprint density at radius 2 is 1.76 bits per heavy atom. The molecule has 5 rings (SSSR count). The number of carboxylic acid groups (broad SMARTS) is 1. The number of benzene rings is 2. The summed E-state index contributed by atoms with van der Waals surface area (Å²) >= 11 is 0. The predicted octanol–water partition coefficient (Wildman–Crippen LogP) is 4.46. The number of aryl methyl sites for hydroxylation is 1. The van der Waals surface area contributed by atoms with Gasteiger partial charge in [-0.2, -0.15) is 5.10 Å². The predicted molar refractivity (Wildman–Crippen MR) is 127 cm³/mol. The zero-order valence-electron chi connectivity index (χ0n) is 19.0. The summed E-state index contributed by atoms with van der Waals surface area (Å²) in [5.41, 5.74) is 3.91. The monoisotopic (exact) mass is 461 g/mol. The second-order valence-corrected chi connectivity index (χ2v) is 9.03. The van der Waals surface area contributed by atoms with Gasteiger partial charge in [0.2, 0.25) is 0 Å². The van der Waals surface area contributed by atoms with Crippen molar-refractivity contribution in [2.75, 3.05) is 25.1 Å². The van der Waals surface area contributed by atoms with E-state index in [4.69, 9.17) is 9.47 Å². The summed E-state index contributed by atoms with van der Waals surface area (Å²) in [6.07, 6.45) is 3.49. The first-order chi connectivity index (χ1) is 16.5. The highest BCUT2D eigenvalue weighted by Gasteiger charge is 2.51. The molecule has 8 nitrogen and oxygen atoms in total.